The van der Waals surface area contributed by atoms with Gasteiger partial charge in [0.2, 0.25) is 5.91 Å². The number of thiocarbonyl (C=S) groups is 1. The van der Waals surface area contributed by atoms with E-state index in [1.165, 1.54) is 0 Å². The van der Waals surface area contributed by atoms with Gasteiger partial charge in [-0.1, -0.05) is 32.0 Å². The van der Waals surface area contributed by atoms with Crippen LogP contribution in [0.5, 0.6) is 0 Å². The molecule has 1 saturated carbocycles. The van der Waals surface area contributed by atoms with Crippen molar-refractivity contribution in [3.8, 4) is 0 Å². The Morgan fingerprint density at radius 2 is 1.80 bits per heavy atom. The molecule has 1 atom stereocenters. The molecule has 114 valence electrons. The Morgan fingerprint density at radius 3 is 2.25 bits per heavy atom. The van der Waals surface area contributed by atoms with Gasteiger partial charge >= 0.3 is 0 Å². The van der Waals surface area contributed by atoms with E-state index in [-0.39, 0.29) is 5.91 Å². The Morgan fingerprint density at radius 1 is 1.25 bits per heavy atom. The standard InChI is InChI=1S/C15H27N3OS/c1-3-12(2)17-8-10-18(11-9-17)14(19)15(13(16)20)6-4-5-7-15/h12H,3-11H2,1-2H3,(H2,16,20). The molecule has 0 aromatic rings. The van der Waals surface area contributed by atoms with E-state index in [9.17, 15) is 4.79 Å². The highest BCUT2D eigenvalue weighted by atomic mass is 32.1. The molecule has 1 aliphatic carbocycles. The summed E-state index contributed by atoms with van der Waals surface area (Å²) in [5.74, 6) is 0.186. The molecule has 1 heterocycles. The lowest BCUT2D eigenvalue weighted by Gasteiger charge is -2.41. The fourth-order valence-electron chi connectivity index (χ4n) is 3.47. The second-order valence-electron chi connectivity index (χ2n) is 6.24. The largest absolute Gasteiger partial charge is 0.392 e. The summed E-state index contributed by atoms with van der Waals surface area (Å²) in [6.07, 6.45) is 4.97. The van der Waals surface area contributed by atoms with Crippen LogP contribution in [0.4, 0.5) is 0 Å². The van der Waals surface area contributed by atoms with Crippen LogP contribution in [0.15, 0.2) is 0 Å². The van der Waals surface area contributed by atoms with E-state index in [2.05, 4.69) is 18.7 Å². The van der Waals surface area contributed by atoms with Gasteiger partial charge < -0.3 is 10.6 Å². The molecular weight excluding hydrogens is 270 g/mol. The molecule has 0 spiro atoms. The molecule has 1 unspecified atom stereocenters. The van der Waals surface area contributed by atoms with Crippen molar-refractivity contribution in [1.29, 1.82) is 0 Å². The van der Waals surface area contributed by atoms with E-state index in [0.717, 1.165) is 58.3 Å². The van der Waals surface area contributed by atoms with E-state index in [4.69, 9.17) is 18.0 Å². The van der Waals surface area contributed by atoms with Crippen LogP contribution in [0.1, 0.15) is 46.0 Å². The summed E-state index contributed by atoms with van der Waals surface area (Å²) in [4.78, 5) is 17.7. The molecule has 1 aliphatic heterocycles. The SMILES string of the molecule is CCC(C)N1CCN(C(=O)C2(C(N)=S)CCCC2)CC1. The number of nitrogens with zero attached hydrogens (tertiary/aromatic N) is 2. The highest BCUT2D eigenvalue weighted by Crippen LogP contribution is 2.40. The Labute approximate surface area is 127 Å². The molecule has 0 aromatic carbocycles. The van der Waals surface area contributed by atoms with Crippen molar-refractivity contribution < 1.29 is 4.79 Å². The lowest BCUT2D eigenvalue weighted by molar-refractivity contribution is -0.140. The predicted molar refractivity (Wildman–Crippen MR) is 85.6 cm³/mol. The molecule has 0 aromatic heterocycles. The third kappa shape index (κ3) is 2.84. The third-order valence-corrected chi connectivity index (χ3v) is 5.54. The van der Waals surface area contributed by atoms with Gasteiger partial charge in [-0.15, -0.1) is 0 Å². The minimum absolute atomic E-state index is 0.186. The number of carbonyl (C=O) groups excluding carboxylic acids is 1. The molecule has 1 saturated heterocycles. The molecular formula is C15H27N3OS. The van der Waals surface area contributed by atoms with E-state index in [0.29, 0.717) is 11.0 Å². The fourth-order valence-corrected chi connectivity index (χ4v) is 3.76. The Balaban J connectivity index is 1.99. The second-order valence-corrected chi connectivity index (χ2v) is 6.68. The van der Waals surface area contributed by atoms with Crippen molar-refractivity contribution in [2.75, 3.05) is 26.2 Å². The molecule has 2 aliphatic rings. The van der Waals surface area contributed by atoms with Crippen molar-refractivity contribution in [3.63, 3.8) is 0 Å². The molecule has 2 rings (SSSR count). The van der Waals surface area contributed by atoms with Gasteiger partial charge in [0.25, 0.3) is 0 Å². The topological polar surface area (TPSA) is 49.6 Å². The smallest absolute Gasteiger partial charge is 0.235 e. The lowest BCUT2D eigenvalue weighted by atomic mass is 9.84. The molecule has 0 bridgehead atoms. The average molecular weight is 297 g/mol. The summed E-state index contributed by atoms with van der Waals surface area (Å²) in [7, 11) is 0. The Bertz CT molecular complexity index is 371. The van der Waals surface area contributed by atoms with Crippen molar-refractivity contribution in [2.45, 2.75) is 52.0 Å². The maximum Gasteiger partial charge on any atom is 0.235 e. The van der Waals surface area contributed by atoms with Gasteiger partial charge in [-0.3, -0.25) is 9.69 Å². The molecule has 20 heavy (non-hydrogen) atoms. The number of hydrogen-bond donors (Lipinski definition) is 1. The maximum absolute atomic E-state index is 12.8. The zero-order valence-electron chi connectivity index (χ0n) is 12.7. The number of piperazine rings is 1. The van der Waals surface area contributed by atoms with E-state index >= 15 is 0 Å². The highest BCUT2D eigenvalue weighted by molar-refractivity contribution is 7.80. The molecule has 4 nitrogen and oxygen atoms in total. The first-order valence-electron chi connectivity index (χ1n) is 7.84. The molecule has 2 fully saturated rings. The quantitative estimate of drug-likeness (QED) is 0.804. The van der Waals surface area contributed by atoms with Gasteiger partial charge in [0.05, 0.1) is 10.4 Å². The van der Waals surface area contributed by atoms with Crippen molar-refractivity contribution in [2.24, 2.45) is 11.1 Å². The Kier molecular flexibility index (Phi) is 5.02. The first-order valence-corrected chi connectivity index (χ1v) is 8.25. The lowest BCUT2D eigenvalue weighted by Crippen LogP contribution is -2.56. The van der Waals surface area contributed by atoms with E-state index in [1.54, 1.807) is 0 Å². The van der Waals surface area contributed by atoms with Crippen LogP contribution in [0.3, 0.4) is 0 Å². The number of rotatable bonds is 4. The van der Waals surface area contributed by atoms with E-state index < -0.39 is 5.41 Å². The number of hydrogen-bond acceptors (Lipinski definition) is 3. The van der Waals surface area contributed by atoms with Crippen LogP contribution in [-0.2, 0) is 4.79 Å². The molecule has 5 heteroatoms. The van der Waals surface area contributed by atoms with Crippen LogP contribution in [0.25, 0.3) is 0 Å². The minimum atomic E-state index is -0.534. The van der Waals surface area contributed by atoms with Gasteiger partial charge in [-0.2, -0.15) is 0 Å². The zero-order valence-corrected chi connectivity index (χ0v) is 13.5. The molecule has 1 amide bonds. The first kappa shape index (κ1) is 15.7. The summed E-state index contributed by atoms with van der Waals surface area (Å²) in [5, 5.41) is 0. The normalized spacial score (nSPS) is 24.6. The predicted octanol–water partition coefficient (Wildman–Crippen LogP) is 1.78. The monoisotopic (exact) mass is 297 g/mol. The van der Waals surface area contributed by atoms with Crippen LogP contribution in [0, 0.1) is 5.41 Å². The minimum Gasteiger partial charge on any atom is -0.392 e. The van der Waals surface area contributed by atoms with Gasteiger partial charge in [-0.05, 0) is 26.2 Å². The van der Waals surface area contributed by atoms with Gasteiger partial charge in [0, 0.05) is 32.2 Å². The summed E-state index contributed by atoms with van der Waals surface area (Å²) in [5.41, 5.74) is 5.38. The van der Waals surface area contributed by atoms with Gasteiger partial charge in [0.15, 0.2) is 0 Å². The summed E-state index contributed by atoms with van der Waals surface area (Å²) in [6.45, 7) is 8.02. The van der Waals surface area contributed by atoms with E-state index in [1.807, 2.05) is 4.90 Å². The Hall–Kier alpha value is -0.680. The zero-order chi connectivity index (χ0) is 14.8. The number of amides is 1. The average Bonchev–Trinajstić information content (AvgIpc) is 2.96. The van der Waals surface area contributed by atoms with Crippen molar-refractivity contribution in [1.82, 2.24) is 9.80 Å². The first-order chi connectivity index (χ1) is 9.51. The third-order valence-electron chi connectivity index (χ3n) is 5.15. The second kappa shape index (κ2) is 6.39. The van der Waals surface area contributed by atoms with Crippen molar-refractivity contribution >= 4 is 23.1 Å². The summed E-state index contributed by atoms with van der Waals surface area (Å²) < 4.78 is 0. The van der Waals surface area contributed by atoms with Crippen LogP contribution in [0.2, 0.25) is 0 Å². The van der Waals surface area contributed by atoms with Crippen molar-refractivity contribution in [3.05, 3.63) is 0 Å². The maximum atomic E-state index is 12.8. The van der Waals surface area contributed by atoms with Crippen LogP contribution < -0.4 is 5.73 Å². The van der Waals surface area contributed by atoms with Gasteiger partial charge in [-0.25, -0.2) is 0 Å². The highest BCUT2D eigenvalue weighted by Gasteiger charge is 2.46. The number of nitrogens with two attached hydrogens (primary N) is 1. The fraction of sp³-hybridized carbons (Fsp3) is 0.867. The van der Waals surface area contributed by atoms with Crippen LogP contribution >= 0.6 is 12.2 Å². The summed E-state index contributed by atoms with van der Waals surface area (Å²) >= 11 is 5.22. The van der Waals surface area contributed by atoms with Gasteiger partial charge in [0.1, 0.15) is 0 Å². The van der Waals surface area contributed by atoms with Crippen LogP contribution in [-0.4, -0.2) is 52.9 Å². The number of carbonyl (C=O) groups is 1. The molecule has 2 N–H and O–H groups in total. The molecule has 0 radical (unpaired) electrons. The summed E-state index contributed by atoms with van der Waals surface area (Å²) in [6, 6.07) is 0.600.